The lowest BCUT2D eigenvalue weighted by molar-refractivity contribution is 0.334. The van der Waals surface area contributed by atoms with Crippen molar-refractivity contribution in [3.05, 3.63) is 23.5 Å². The van der Waals surface area contributed by atoms with Gasteiger partial charge in [-0.2, -0.15) is 17.0 Å². The normalized spacial score (nSPS) is 22.3. The molecule has 8 heteroatoms. The van der Waals surface area contributed by atoms with Crippen LogP contribution in [0.4, 0.5) is 5.69 Å². The summed E-state index contributed by atoms with van der Waals surface area (Å²) >= 11 is 0. The first kappa shape index (κ1) is 19.5. The first-order valence-corrected chi connectivity index (χ1v) is 11.1. The molecular weight excluding hydrogens is 350 g/mol. The van der Waals surface area contributed by atoms with Gasteiger partial charge in [0, 0.05) is 56.7 Å². The number of piperazine rings is 1. The molecule has 2 saturated heterocycles. The molecular formula is C18H31N5O2S. The molecule has 2 aliphatic heterocycles. The molecule has 26 heavy (non-hydrogen) atoms. The Balaban J connectivity index is 1.70. The molecule has 0 saturated carbocycles. The maximum atomic E-state index is 12.7. The smallest absolute Gasteiger partial charge is 0.282 e. The van der Waals surface area contributed by atoms with Gasteiger partial charge in [-0.15, -0.1) is 0 Å². The number of anilines is 1. The van der Waals surface area contributed by atoms with Crippen molar-refractivity contribution in [1.82, 2.24) is 18.9 Å². The van der Waals surface area contributed by atoms with Gasteiger partial charge in [0.15, 0.2) is 0 Å². The number of hydrogen-bond donors (Lipinski definition) is 1. The van der Waals surface area contributed by atoms with E-state index in [0.29, 0.717) is 45.3 Å². The number of nitrogens with zero attached hydrogens (tertiary/aromatic N) is 4. The number of rotatable bonds is 6. The van der Waals surface area contributed by atoms with Gasteiger partial charge in [-0.3, -0.25) is 4.98 Å². The lowest BCUT2D eigenvalue weighted by Gasteiger charge is -2.37. The van der Waals surface area contributed by atoms with Crippen molar-refractivity contribution in [1.29, 1.82) is 0 Å². The number of nitrogens with one attached hydrogen (secondary N) is 1. The van der Waals surface area contributed by atoms with Crippen LogP contribution in [0.3, 0.4) is 0 Å². The molecule has 1 aromatic rings. The molecule has 0 spiro atoms. The molecule has 1 N–H and O–H groups in total. The molecule has 0 amide bonds. The lowest BCUT2D eigenvalue weighted by atomic mass is 10.1. The van der Waals surface area contributed by atoms with E-state index in [0.717, 1.165) is 30.0 Å². The van der Waals surface area contributed by atoms with Crippen molar-refractivity contribution in [3.8, 4) is 0 Å². The summed E-state index contributed by atoms with van der Waals surface area (Å²) in [5.74, 6) is 0. The zero-order chi connectivity index (χ0) is 18.7. The minimum atomic E-state index is -3.34. The highest BCUT2D eigenvalue weighted by atomic mass is 32.2. The first-order valence-electron chi connectivity index (χ1n) is 9.67. The average molecular weight is 382 g/mol. The molecule has 3 rings (SSSR count). The maximum Gasteiger partial charge on any atom is 0.282 e. The third-order valence-corrected chi connectivity index (χ3v) is 7.52. The Hall–Kier alpha value is -1.22. The minimum Gasteiger partial charge on any atom is -0.369 e. The van der Waals surface area contributed by atoms with Crippen molar-refractivity contribution in [2.75, 3.05) is 50.7 Å². The van der Waals surface area contributed by atoms with Crippen LogP contribution in [0.5, 0.6) is 0 Å². The third-order valence-electron chi connectivity index (χ3n) is 5.34. The standard InChI is InChI=1S/C18H31N5O2S/c1-4-22(5-2)26(24,25)23-11-9-21(10-12-23)16-13-15(3)20-18(14-16)17-7-6-8-19-17/h13-14,17,19H,4-12H2,1-3H3. The molecule has 3 heterocycles. The van der Waals surface area contributed by atoms with Gasteiger partial charge in [0.2, 0.25) is 0 Å². The summed E-state index contributed by atoms with van der Waals surface area (Å²) in [6, 6.07) is 4.62. The van der Waals surface area contributed by atoms with Crippen LogP contribution < -0.4 is 10.2 Å². The van der Waals surface area contributed by atoms with Crippen LogP contribution in [-0.2, 0) is 10.2 Å². The molecule has 2 aliphatic rings. The highest BCUT2D eigenvalue weighted by molar-refractivity contribution is 7.86. The average Bonchev–Trinajstić information content (AvgIpc) is 3.17. The molecule has 0 bridgehead atoms. The monoisotopic (exact) mass is 381 g/mol. The second kappa shape index (κ2) is 8.21. The Labute approximate surface area is 157 Å². The van der Waals surface area contributed by atoms with E-state index in [9.17, 15) is 8.42 Å². The quantitative estimate of drug-likeness (QED) is 0.809. The second-order valence-electron chi connectivity index (χ2n) is 7.02. The van der Waals surface area contributed by atoms with Gasteiger partial charge < -0.3 is 10.2 Å². The number of pyridine rings is 1. The van der Waals surface area contributed by atoms with Gasteiger partial charge in [0.25, 0.3) is 10.2 Å². The summed E-state index contributed by atoms with van der Waals surface area (Å²) in [6.45, 7) is 10.4. The van der Waals surface area contributed by atoms with E-state index < -0.39 is 10.2 Å². The van der Waals surface area contributed by atoms with Crippen molar-refractivity contribution >= 4 is 15.9 Å². The summed E-state index contributed by atoms with van der Waals surface area (Å²) in [5.41, 5.74) is 3.28. The second-order valence-corrected chi connectivity index (χ2v) is 8.95. The maximum absolute atomic E-state index is 12.7. The highest BCUT2D eigenvalue weighted by Crippen LogP contribution is 2.27. The van der Waals surface area contributed by atoms with Gasteiger partial charge in [-0.25, -0.2) is 0 Å². The first-order chi connectivity index (χ1) is 12.5. The molecule has 1 unspecified atom stereocenters. The van der Waals surface area contributed by atoms with Gasteiger partial charge in [0.05, 0.1) is 5.69 Å². The Morgan fingerprint density at radius 2 is 1.88 bits per heavy atom. The van der Waals surface area contributed by atoms with Crippen LogP contribution in [0.1, 0.15) is 44.1 Å². The molecule has 0 radical (unpaired) electrons. The largest absolute Gasteiger partial charge is 0.369 e. The molecule has 7 nitrogen and oxygen atoms in total. The molecule has 2 fully saturated rings. The Kier molecular flexibility index (Phi) is 6.17. The van der Waals surface area contributed by atoms with Crippen LogP contribution in [0, 0.1) is 6.92 Å². The Bertz CT molecular complexity index is 706. The van der Waals surface area contributed by atoms with Gasteiger partial charge in [0.1, 0.15) is 0 Å². The van der Waals surface area contributed by atoms with Crippen LogP contribution in [0.2, 0.25) is 0 Å². The predicted octanol–water partition coefficient (Wildman–Crippen LogP) is 1.52. The van der Waals surface area contributed by atoms with E-state index in [1.54, 1.807) is 4.31 Å². The van der Waals surface area contributed by atoms with Gasteiger partial charge >= 0.3 is 0 Å². The Morgan fingerprint density at radius 1 is 1.19 bits per heavy atom. The van der Waals surface area contributed by atoms with Crippen molar-refractivity contribution in [2.24, 2.45) is 0 Å². The van der Waals surface area contributed by atoms with E-state index in [2.05, 4.69) is 22.3 Å². The summed E-state index contributed by atoms with van der Waals surface area (Å²) in [5, 5.41) is 3.51. The Morgan fingerprint density at radius 3 is 2.46 bits per heavy atom. The van der Waals surface area contributed by atoms with Gasteiger partial charge in [-0.1, -0.05) is 13.8 Å². The molecule has 0 aliphatic carbocycles. The zero-order valence-electron chi connectivity index (χ0n) is 16.1. The van der Waals surface area contributed by atoms with Crippen LogP contribution in [0.25, 0.3) is 0 Å². The van der Waals surface area contributed by atoms with E-state index in [4.69, 9.17) is 4.98 Å². The number of aromatic nitrogens is 1. The van der Waals surface area contributed by atoms with Crippen molar-refractivity contribution < 1.29 is 8.42 Å². The van der Waals surface area contributed by atoms with Crippen LogP contribution in [0.15, 0.2) is 12.1 Å². The lowest BCUT2D eigenvalue weighted by Crippen LogP contribution is -2.53. The summed E-state index contributed by atoms with van der Waals surface area (Å²) in [7, 11) is -3.34. The zero-order valence-corrected chi connectivity index (χ0v) is 16.9. The van der Waals surface area contributed by atoms with E-state index in [-0.39, 0.29) is 0 Å². The van der Waals surface area contributed by atoms with E-state index in [1.165, 1.54) is 10.7 Å². The highest BCUT2D eigenvalue weighted by Gasteiger charge is 2.31. The van der Waals surface area contributed by atoms with Crippen molar-refractivity contribution in [3.63, 3.8) is 0 Å². The van der Waals surface area contributed by atoms with Crippen molar-refractivity contribution in [2.45, 2.75) is 39.7 Å². The molecule has 1 atom stereocenters. The fourth-order valence-corrected chi connectivity index (χ4v) is 5.47. The fraction of sp³-hybridized carbons (Fsp3) is 0.722. The number of aryl methyl sites for hydroxylation is 1. The third kappa shape index (κ3) is 4.03. The van der Waals surface area contributed by atoms with E-state index in [1.807, 2.05) is 20.8 Å². The fourth-order valence-electron chi connectivity index (χ4n) is 3.86. The van der Waals surface area contributed by atoms with Crippen LogP contribution >= 0.6 is 0 Å². The molecule has 1 aromatic heterocycles. The predicted molar refractivity (Wildman–Crippen MR) is 105 cm³/mol. The summed E-state index contributed by atoms with van der Waals surface area (Å²) in [4.78, 5) is 6.99. The van der Waals surface area contributed by atoms with Gasteiger partial charge in [-0.05, 0) is 38.4 Å². The van der Waals surface area contributed by atoms with E-state index >= 15 is 0 Å². The minimum absolute atomic E-state index is 0.345. The summed E-state index contributed by atoms with van der Waals surface area (Å²) in [6.07, 6.45) is 2.32. The summed E-state index contributed by atoms with van der Waals surface area (Å²) < 4.78 is 28.5. The topological polar surface area (TPSA) is 68.8 Å². The molecule has 146 valence electrons. The van der Waals surface area contributed by atoms with Crippen LogP contribution in [-0.4, -0.2) is 67.8 Å². The number of hydrogen-bond acceptors (Lipinski definition) is 5. The SMILES string of the molecule is CCN(CC)S(=O)(=O)N1CCN(c2cc(C)nc(C3CCCN3)c2)CC1. The molecule has 0 aromatic carbocycles.